The van der Waals surface area contributed by atoms with Crippen LogP contribution < -0.4 is 0 Å². The van der Waals surface area contributed by atoms with Crippen LogP contribution in [0.15, 0.2) is 46.9 Å². The van der Waals surface area contributed by atoms with Crippen LogP contribution in [0, 0.1) is 11.8 Å². The molecule has 0 saturated carbocycles. The molecule has 1 aliphatic rings. The minimum absolute atomic E-state index is 0.0919. The van der Waals surface area contributed by atoms with Gasteiger partial charge in [-0.05, 0) is 82.8 Å². The molecule has 170 valence electrons. The zero-order valence-corrected chi connectivity index (χ0v) is 20.0. The summed E-state index contributed by atoms with van der Waals surface area (Å²) in [7, 11) is -3.42. The van der Waals surface area contributed by atoms with Crippen LogP contribution in [-0.2, 0) is 19.3 Å². The van der Waals surface area contributed by atoms with E-state index in [-0.39, 0.29) is 12.2 Å². The zero-order valence-electron chi connectivity index (χ0n) is 19.2. The summed E-state index contributed by atoms with van der Waals surface area (Å²) in [5, 5.41) is -0.450. The molecule has 1 aromatic carbocycles. The minimum atomic E-state index is -3.42. The fourth-order valence-corrected chi connectivity index (χ4v) is 6.01. The first-order chi connectivity index (χ1) is 14.3. The van der Waals surface area contributed by atoms with Gasteiger partial charge in [-0.1, -0.05) is 43.7 Å². The molecule has 0 radical (unpaired) electrons. The first-order valence-corrected chi connectivity index (χ1v) is 13.0. The van der Waals surface area contributed by atoms with Crippen LogP contribution in [0.1, 0.15) is 72.6 Å². The highest BCUT2D eigenvalue weighted by molar-refractivity contribution is 7.92. The quantitative estimate of drug-likeness (QED) is 0.368. The van der Waals surface area contributed by atoms with E-state index in [0.29, 0.717) is 23.8 Å². The number of rotatable bonds is 12. The highest BCUT2D eigenvalue weighted by Gasteiger charge is 2.33. The lowest BCUT2D eigenvalue weighted by Gasteiger charge is -2.28. The number of hydrogen-bond donors (Lipinski definition) is 0. The molecule has 2 unspecified atom stereocenters. The van der Waals surface area contributed by atoms with Gasteiger partial charge in [0.1, 0.15) is 0 Å². The molecule has 0 aliphatic carbocycles. The van der Waals surface area contributed by atoms with Gasteiger partial charge in [-0.15, -0.1) is 0 Å². The lowest BCUT2D eigenvalue weighted by Crippen LogP contribution is -2.34. The highest BCUT2D eigenvalue weighted by atomic mass is 32.2. The summed E-state index contributed by atoms with van der Waals surface area (Å²) in [6, 6.07) is 8.86. The Balaban J connectivity index is 2.04. The van der Waals surface area contributed by atoms with E-state index in [4.69, 9.17) is 9.47 Å². The van der Waals surface area contributed by atoms with Crippen molar-refractivity contribution in [2.75, 3.05) is 13.2 Å². The van der Waals surface area contributed by atoms with Gasteiger partial charge in [0.2, 0.25) is 0 Å². The van der Waals surface area contributed by atoms with E-state index in [1.54, 1.807) is 24.3 Å². The van der Waals surface area contributed by atoms with Crippen molar-refractivity contribution in [2.24, 2.45) is 11.8 Å². The fourth-order valence-electron chi connectivity index (χ4n) is 3.99. The molecule has 1 aromatic rings. The Morgan fingerprint density at radius 3 is 2.50 bits per heavy atom. The van der Waals surface area contributed by atoms with Crippen LogP contribution in [0.4, 0.5) is 0 Å². The second-order valence-corrected chi connectivity index (χ2v) is 11.2. The van der Waals surface area contributed by atoms with Gasteiger partial charge in [0.15, 0.2) is 16.1 Å². The minimum Gasteiger partial charge on any atom is -0.353 e. The van der Waals surface area contributed by atoms with Gasteiger partial charge >= 0.3 is 0 Å². The van der Waals surface area contributed by atoms with Crippen molar-refractivity contribution >= 4 is 9.84 Å². The average Bonchev–Trinajstić information content (AvgIpc) is 2.73. The van der Waals surface area contributed by atoms with E-state index < -0.39 is 15.1 Å². The third-order valence-corrected chi connectivity index (χ3v) is 8.37. The van der Waals surface area contributed by atoms with Gasteiger partial charge in [0, 0.05) is 6.61 Å². The molecule has 5 heteroatoms. The SMILES string of the molecule is CC(C)=CCC[C@H](C)CCC([C@H](C)COC1CCCCO1)S(=O)(=O)c1ccccc1. The maximum atomic E-state index is 13.4. The number of benzene rings is 1. The topological polar surface area (TPSA) is 52.6 Å². The maximum absolute atomic E-state index is 13.4. The monoisotopic (exact) mass is 436 g/mol. The van der Waals surface area contributed by atoms with Gasteiger partial charge in [-0.25, -0.2) is 8.42 Å². The molecule has 30 heavy (non-hydrogen) atoms. The maximum Gasteiger partial charge on any atom is 0.181 e. The van der Waals surface area contributed by atoms with Gasteiger partial charge in [0.05, 0.1) is 16.8 Å². The first-order valence-electron chi connectivity index (χ1n) is 11.5. The molecule has 0 N–H and O–H groups in total. The predicted molar refractivity (Wildman–Crippen MR) is 123 cm³/mol. The van der Waals surface area contributed by atoms with E-state index in [2.05, 4.69) is 26.8 Å². The Labute approximate surface area is 184 Å². The molecule has 0 spiro atoms. The molecule has 1 saturated heterocycles. The van der Waals surface area contributed by atoms with E-state index >= 15 is 0 Å². The zero-order chi connectivity index (χ0) is 22.0. The third-order valence-electron chi connectivity index (χ3n) is 5.94. The molecular formula is C25H40O4S. The Morgan fingerprint density at radius 2 is 1.87 bits per heavy atom. The number of allylic oxidation sites excluding steroid dienone is 2. The lowest BCUT2D eigenvalue weighted by atomic mass is 9.95. The molecule has 1 aliphatic heterocycles. The van der Waals surface area contributed by atoms with Crippen LogP contribution >= 0.6 is 0 Å². The molecule has 0 aromatic heterocycles. The Kier molecular flexibility index (Phi) is 10.6. The van der Waals surface area contributed by atoms with E-state index in [9.17, 15) is 8.42 Å². The van der Waals surface area contributed by atoms with Crippen molar-refractivity contribution in [3.05, 3.63) is 42.0 Å². The summed E-state index contributed by atoms with van der Waals surface area (Å²) < 4.78 is 38.5. The summed E-state index contributed by atoms with van der Waals surface area (Å²) in [5.74, 6) is 0.398. The first kappa shape index (κ1) is 25.1. The number of hydrogen-bond acceptors (Lipinski definition) is 4. The molecule has 2 rings (SSSR count). The van der Waals surface area contributed by atoms with Gasteiger partial charge in [-0.2, -0.15) is 0 Å². The summed E-state index contributed by atoms with van der Waals surface area (Å²) in [6.07, 6.45) is 8.84. The van der Waals surface area contributed by atoms with Crippen LogP contribution in [0.3, 0.4) is 0 Å². The molecule has 1 heterocycles. The molecule has 4 atom stereocenters. The summed E-state index contributed by atoms with van der Waals surface area (Å²) in [5.41, 5.74) is 1.34. The van der Waals surface area contributed by atoms with Crippen molar-refractivity contribution < 1.29 is 17.9 Å². The van der Waals surface area contributed by atoms with Crippen LogP contribution in [0.25, 0.3) is 0 Å². The molecule has 1 fully saturated rings. The average molecular weight is 437 g/mol. The summed E-state index contributed by atoms with van der Waals surface area (Å²) in [6.45, 7) is 9.60. The molecule has 0 amide bonds. The van der Waals surface area contributed by atoms with Crippen LogP contribution in [-0.4, -0.2) is 33.2 Å². The summed E-state index contributed by atoms with van der Waals surface area (Å²) in [4.78, 5) is 0.410. The third kappa shape index (κ3) is 8.16. The highest BCUT2D eigenvalue weighted by Crippen LogP contribution is 2.29. The second-order valence-electron chi connectivity index (χ2n) is 9.04. The molecule has 4 nitrogen and oxygen atoms in total. The van der Waals surface area contributed by atoms with E-state index in [1.165, 1.54) is 5.57 Å². The molecular weight excluding hydrogens is 396 g/mol. The molecule has 0 bridgehead atoms. The lowest BCUT2D eigenvalue weighted by molar-refractivity contribution is -0.168. The van der Waals surface area contributed by atoms with E-state index in [1.807, 2.05) is 13.0 Å². The van der Waals surface area contributed by atoms with Crippen molar-refractivity contribution in [3.63, 3.8) is 0 Å². The van der Waals surface area contributed by atoms with Gasteiger partial charge in [0.25, 0.3) is 0 Å². The smallest absolute Gasteiger partial charge is 0.181 e. The standard InChI is InChI=1S/C25H40O4S/c1-20(2)11-10-12-21(3)16-17-24(30(26,27)23-13-6-5-7-14-23)22(4)19-29-25-15-8-9-18-28-25/h5-7,11,13-14,21-22,24-25H,8-10,12,15-19H2,1-4H3/t21-,22+,24?,25?/m0/s1. The van der Waals surface area contributed by atoms with Crippen molar-refractivity contribution in [1.82, 2.24) is 0 Å². The fraction of sp³-hybridized carbons (Fsp3) is 0.680. The Morgan fingerprint density at radius 1 is 1.13 bits per heavy atom. The largest absolute Gasteiger partial charge is 0.353 e. The van der Waals surface area contributed by atoms with Crippen LogP contribution in [0.2, 0.25) is 0 Å². The van der Waals surface area contributed by atoms with Crippen LogP contribution in [0.5, 0.6) is 0 Å². The second kappa shape index (κ2) is 12.6. The van der Waals surface area contributed by atoms with E-state index in [0.717, 1.165) is 45.1 Å². The van der Waals surface area contributed by atoms with Crippen molar-refractivity contribution in [2.45, 2.75) is 89.1 Å². The van der Waals surface area contributed by atoms with Gasteiger partial charge < -0.3 is 9.47 Å². The summed E-state index contributed by atoms with van der Waals surface area (Å²) >= 11 is 0. The predicted octanol–water partition coefficient (Wildman–Crippen LogP) is 6.17. The normalized spacial score (nSPS) is 20.3. The van der Waals surface area contributed by atoms with Crippen molar-refractivity contribution in [1.29, 1.82) is 0 Å². The number of ether oxygens (including phenoxy) is 2. The Hall–Kier alpha value is -1.17. The van der Waals surface area contributed by atoms with Crippen molar-refractivity contribution in [3.8, 4) is 0 Å². The number of sulfone groups is 1. The van der Waals surface area contributed by atoms with Gasteiger partial charge in [-0.3, -0.25) is 0 Å². The Bertz CT molecular complexity index is 732.